The van der Waals surface area contributed by atoms with E-state index in [1.54, 1.807) is 11.3 Å². The Balaban J connectivity index is 1.50. The van der Waals surface area contributed by atoms with Crippen molar-refractivity contribution in [3.63, 3.8) is 0 Å². The van der Waals surface area contributed by atoms with Gasteiger partial charge in [-0.2, -0.15) is 0 Å². The molecule has 0 saturated heterocycles. The average molecular weight is 468 g/mol. The fraction of sp³-hybridized carbons (Fsp3) is 0.292. The number of amides is 1. The van der Waals surface area contributed by atoms with Gasteiger partial charge in [-0.15, -0.1) is 11.3 Å². The molecule has 1 aromatic carbocycles. The standard InChI is InChI=1S/C24H22ClN3O3S/c1-13-6-16(24-27-10-17(25)11-28-24)7-14(2)21(13)22-19(29)8-15(23(22)31)9-20(30)26-12-18-4-3-5-32-18/h3-7,10-11,15,22H,8-9,12H2,1-2H3,(H,26,30). The van der Waals surface area contributed by atoms with Gasteiger partial charge in [0, 0.05) is 41.6 Å². The van der Waals surface area contributed by atoms with Crippen LogP contribution < -0.4 is 5.32 Å². The smallest absolute Gasteiger partial charge is 0.221 e. The number of carbonyl (C=O) groups is 3. The van der Waals surface area contributed by atoms with Gasteiger partial charge in [0.15, 0.2) is 11.6 Å². The van der Waals surface area contributed by atoms with Crippen molar-refractivity contribution in [3.05, 3.63) is 68.6 Å². The van der Waals surface area contributed by atoms with Crippen LogP contribution in [0.1, 0.15) is 40.3 Å². The van der Waals surface area contributed by atoms with E-state index >= 15 is 0 Å². The Hall–Kier alpha value is -2.90. The summed E-state index contributed by atoms with van der Waals surface area (Å²) in [5.74, 6) is -1.42. The molecule has 2 heterocycles. The van der Waals surface area contributed by atoms with Crippen LogP contribution in [0, 0.1) is 19.8 Å². The summed E-state index contributed by atoms with van der Waals surface area (Å²) < 4.78 is 0. The van der Waals surface area contributed by atoms with Gasteiger partial charge in [-0.25, -0.2) is 9.97 Å². The summed E-state index contributed by atoms with van der Waals surface area (Å²) in [6.07, 6.45) is 3.18. The van der Waals surface area contributed by atoms with Crippen molar-refractivity contribution in [2.75, 3.05) is 0 Å². The zero-order valence-corrected chi connectivity index (χ0v) is 19.3. The number of benzene rings is 1. The number of Topliss-reactive ketones (excluding diaryl/α,β-unsaturated/α-hetero) is 2. The molecular weight excluding hydrogens is 446 g/mol. The number of ketones is 2. The van der Waals surface area contributed by atoms with E-state index in [0.29, 0.717) is 17.4 Å². The van der Waals surface area contributed by atoms with Crippen molar-refractivity contribution in [1.82, 2.24) is 15.3 Å². The van der Waals surface area contributed by atoms with Crippen molar-refractivity contribution in [2.45, 2.75) is 39.2 Å². The Bertz CT molecular complexity index is 1150. The highest BCUT2D eigenvalue weighted by Crippen LogP contribution is 2.38. The lowest BCUT2D eigenvalue weighted by atomic mass is 9.86. The molecule has 1 N–H and O–H groups in total. The molecule has 4 rings (SSSR count). The predicted octanol–water partition coefficient (Wildman–Crippen LogP) is 4.42. The summed E-state index contributed by atoms with van der Waals surface area (Å²) in [6.45, 7) is 4.19. The molecule has 0 aliphatic heterocycles. The minimum absolute atomic E-state index is 0.0290. The first-order valence-electron chi connectivity index (χ1n) is 10.3. The van der Waals surface area contributed by atoms with E-state index in [2.05, 4.69) is 15.3 Å². The summed E-state index contributed by atoms with van der Waals surface area (Å²) >= 11 is 7.43. The monoisotopic (exact) mass is 467 g/mol. The lowest BCUT2D eigenvalue weighted by Gasteiger charge is -2.17. The molecule has 1 fully saturated rings. The molecular formula is C24H22ClN3O3S. The number of hydrogen-bond acceptors (Lipinski definition) is 6. The molecule has 1 amide bonds. The van der Waals surface area contributed by atoms with E-state index in [9.17, 15) is 14.4 Å². The van der Waals surface area contributed by atoms with Crippen LogP contribution in [0.15, 0.2) is 42.0 Å². The van der Waals surface area contributed by atoms with Crippen LogP contribution in [0.5, 0.6) is 0 Å². The summed E-state index contributed by atoms with van der Waals surface area (Å²) in [7, 11) is 0. The largest absolute Gasteiger partial charge is 0.351 e. The second-order valence-electron chi connectivity index (χ2n) is 8.01. The molecule has 1 aliphatic carbocycles. The summed E-state index contributed by atoms with van der Waals surface area (Å²) in [5.41, 5.74) is 3.17. The maximum Gasteiger partial charge on any atom is 0.221 e. The first-order chi connectivity index (χ1) is 15.3. The quantitative estimate of drug-likeness (QED) is 0.542. The summed E-state index contributed by atoms with van der Waals surface area (Å²) in [5, 5.41) is 5.23. The Morgan fingerprint density at radius 2 is 1.88 bits per heavy atom. The van der Waals surface area contributed by atoms with Gasteiger partial charge in [-0.05, 0) is 54.1 Å². The van der Waals surface area contributed by atoms with Crippen molar-refractivity contribution in [1.29, 1.82) is 0 Å². The maximum atomic E-state index is 13.1. The number of aromatic nitrogens is 2. The Kier molecular flexibility index (Phi) is 6.48. The van der Waals surface area contributed by atoms with Gasteiger partial charge in [-0.3, -0.25) is 14.4 Å². The van der Waals surface area contributed by atoms with E-state index in [-0.39, 0.29) is 30.3 Å². The van der Waals surface area contributed by atoms with Crippen molar-refractivity contribution < 1.29 is 14.4 Å². The van der Waals surface area contributed by atoms with Crippen molar-refractivity contribution >= 4 is 40.4 Å². The van der Waals surface area contributed by atoms with Gasteiger partial charge in [0.2, 0.25) is 5.91 Å². The second kappa shape index (κ2) is 9.30. The highest BCUT2D eigenvalue weighted by Gasteiger charge is 2.43. The zero-order chi connectivity index (χ0) is 22.8. The zero-order valence-electron chi connectivity index (χ0n) is 17.7. The molecule has 0 bridgehead atoms. The van der Waals surface area contributed by atoms with E-state index in [1.165, 1.54) is 12.4 Å². The van der Waals surface area contributed by atoms with Crippen LogP contribution in [-0.4, -0.2) is 27.4 Å². The van der Waals surface area contributed by atoms with Gasteiger partial charge in [0.25, 0.3) is 0 Å². The second-order valence-corrected chi connectivity index (χ2v) is 9.48. The lowest BCUT2D eigenvalue weighted by Crippen LogP contribution is -2.27. The molecule has 0 spiro atoms. The average Bonchev–Trinajstić information content (AvgIpc) is 3.36. The normalized spacial score (nSPS) is 18.2. The molecule has 2 atom stereocenters. The van der Waals surface area contributed by atoms with Crippen LogP contribution in [0.3, 0.4) is 0 Å². The fourth-order valence-corrected chi connectivity index (χ4v) is 4.99. The van der Waals surface area contributed by atoms with E-state index in [4.69, 9.17) is 11.6 Å². The number of halogens is 1. The highest BCUT2D eigenvalue weighted by atomic mass is 35.5. The van der Waals surface area contributed by atoms with E-state index < -0.39 is 11.8 Å². The SMILES string of the molecule is Cc1cc(-c2ncc(Cl)cn2)cc(C)c1C1C(=O)CC(CC(=O)NCc2cccs2)C1=O. The first-order valence-corrected chi connectivity index (χ1v) is 11.5. The summed E-state index contributed by atoms with van der Waals surface area (Å²) in [4.78, 5) is 47.9. The number of thiophene rings is 1. The molecule has 0 radical (unpaired) electrons. The van der Waals surface area contributed by atoms with Gasteiger partial charge in [0.1, 0.15) is 11.7 Å². The Morgan fingerprint density at radius 1 is 1.19 bits per heavy atom. The number of hydrogen-bond donors (Lipinski definition) is 1. The van der Waals surface area contributed by atoms with Crippen LogP contribution in [0.4, 0.5) is 0 Å². The topological polar surface area (TPSA) is 89.0 Å². The van der Waals surface area contributed by atoms with Gasteiger partial charge in [-0.1, -0.05) is 17.7 Å². The third-order valence-corrected chi connectivity index (χ3v) is 6.76. The minimum atomic E-state index is -0.828. The van der Waals surface area contributed by atoms with Crippen LogP contribution >= 0.6 is 22.9 Å². The first kappa shape index (κ1) is 22.3. The number of aryl methyl sites for hydroxylation is 2. The number of nitrogens with one attached hydrogen (secondary N) is 1. The van der Waals surface area contributed by atoms with Crippen LogP contribution in [0.25, 0.3) is 11.4 Å². The Labute approximate surface area is 195 Å². The van der Waals surface area contributed by atoms with Crippen LogP contribution in [0.2, 0.25) is 5.02 Å². The van der Waals surface area contributed by atoms with Crippen molar-refractivity contribution in [2.24, 2.45) is 5.92 Å². The molecule has 164 valence electrons. The number of carbonyl (C=O) groups excluding carboxylic acids is 3. The molecule has 1 saturated carbocycles. The molecule has 32 heavy (non-hydrogen) atoms. The molecule has 6 nitrogen and oxygen atoms in total. The predicted molar refractivity (Wildman–Crippen MR) is 124 cm³/mol. The fourth-order valence-electron chi connectivity index (χ4n) is 4.25. The maximum absolute atomic E-state index is 13.1. The van der Waals surface area contributed by atoms with Gasteiger partial charge < -0.3 is 5.32 Å². The van der Waals surface area contributed by atoms with Crippen LogP contribution in [-0.2, 0) is 20.9 Å². The van der Waals surface area contributed by atoms with E-state index in [0.717, 1.165) is 27.1 Å². The highest BCUT2D eigenvalue weighted by molar-refractivity contribution is 7.09. The third kappa shape index (κ3) is 4.64. The molecule has 3 aromatic rings. The van der Waals surface area contributed by atoms with E-state index in [1.807, 2.05) is 43.5 Å². The Morgan fingerprint density at radius 3 is 2.50 bits per heavy atom. The van der Waals surface area contributed by atoms with Crippen molar-refractivity contribution in [3.8, 4) is 11.4 Å². The van der Waals surface area contributed by atoms with Gasteiger partial charge >= 0.3 is 0 Å². The molecule has 2 aromatic heterocycles. The lowest BCUT2D eigenvalue weighted by molar-refractivity contribution is -0.128. The molecule has 2 unspecified atom stereocenters. The minimum Gasteiger partial charge on any atom is -0.351 e. The molecule has 1 aliphatic rings. The third-order valence-electron chi connectivity index (χ3n) is 5.69. The summed E-state index contributed by atoms with van der Waals surface area (Å²) in [6, 6.07) is 7.63. The number of rotatable bonds is 6. The molecule has 8 heteroatoms. The van der Waals surface area contributed by atoms with Gasteiger partial charge in [0.05, 0.1) is 11.6 Å². The number of nitrogens with zero attached hydrogens (tertiary/aromatic N) is 2.